The highest BCUT2D eigenvalue weighted by Crippen LogP contribution is 2.36. The Morgan fingerprint density at radius 1 is 1.20 bits per heavy atom. The fourth-order valence-electron chi connectivity index (χ4n) is 2.28. The maximum Gasteiger partial charge on any atom is 0.255 e. The van der Waals surface area contributed by atoms with E-state index >= 15 is 0 Å². The minimum atomic E-state index is -0.638. The third kappa shape index (κ3) is 4.87. The molecule has 0 unspecified atom stereocenters. The highest BCUT2D eigenvalue weighted by Gasteiger charge is 2.19. The first-order valence-corrected chi connectivity index (χ1v) is 7.88. The second kappa shape index (κ2) is 8.39. The first-order valence-electron chi connectivity index (χ1n) is 7.50. The normalized spacial score (nSPS) is 10.2. The van der Waals surface area contributed by atoms with Crippen molar-refractivity contribution in [2.24, 2.45) is 5.73 Å². The summed E-state index contributed by atoms with van der Waals surface area (Å²) >= 11 is 6.18. The van der Waals surface area contributed by atoms with Gasteiger partial charge in [-0.2, -0.15) is 0 Å². The van der Waals surface area contributed by atoms with Crippen molar-refractivity contribution in [2.45, 2.75) is 6.54 Å². The summed E-state index contributed by atoms with van der Waals surface area (Å²) in [6, 6.07) is 12.6. The molecule has 0 saturated heterocycles. The van der Waals surface area contributed by atoms with Crippen LogP contribution >= 0.6 is 11.6 Å². The van der Waals surface area contributed by atoms with Gasteiger partial charge in [-0.05, 0) is 17.7 Å². The van der Waals surface area contributed by atoms with Gasteiger partial charge in [0.25, 0.3) is 11.8 Å². The van der Waals surface area contributed by atoms with E-state index in [1.165, 1.54) is 19.2 Å². The number of nitrogens with two attached hydrogens (primary N) is 1. The zero-order valence-electron chi connectivity index (χ0n) is 14.0. The van der Waals surface area contributed by atoms with E-state index in [2.05, 4.69) is 0 Å². The summed E-state index contributed by atoms with van der Waals surface area (Å²) in [6.07, 6.45) is 0. The summed E-state index contributed by atoms with van der Waals surface area (Å²) in [5, 5.41) is 0.164. The number of methoxy groups -OCH3 is 1. The van der Waals surface area contributed by atoms with Crippen LogP contribution in [0.25, 0.3) is 0 Å². The lowest BCUT2D eigenvalue weighted by Crippen LogP contribution is -2.26. The van der Waals surface area contributed by atoms with E-state index in [0.29, 0.717) is 12.1 Å². The molecule has 0 heterocycles. The SMILES string of the molecule is COc1cc(C(=O)N(C)Cc2ccccc2)cc(Cl)c1OCC(N)=O. The van der Waals surface area contributed by atoms with Crippen molar-refractivity contribution in [2.75, 3.05) is 20.8 Å². The van der Waals surface area contributed by atoms with E-state index in [0.717, 1.165) is 5.56 Å². The van der Waals surface area contributed by atoms with Gasteiger partial charge in [-0.3, -0.25) is 9.59 Å². The summed E-state index contributed by atoms with van der Waals surface area (Å²) in [5.74, 6) is -0.429. The number of ether oxygens (including phenoxy) is 2. The number of benzene rings is 2. The van der Waals surface area contributed by atoms with Gasteiger partial charge in [-0.15, -0.1) is 0 Å². The number of hydrogen-bond acceptors (Lipinski definition) is 4. The number of nitrogens with zero attached hydrogens (tertiary/aromatic N) is 1. The molecule has 0 spiro atoms. The van der Waals surface area contributed by atoms with Gasteiger partial charge in [-0.1, -0.05) is 41.9 Å². The van der Waals surface area contributed by atoms with Gasteiger partial charge >= 0.3 is 0 Å². The van der Waals surface area contributed by atoms with Crippen molar-refractivity contribution in [3.05, 3.63) is 58.6 Å². The van der Waals surface area contributed by atoms with E-state index in [9.17, 15) is 9.59 Å². The fraction of sp³-hybridized carbons (Fsp3) is 0.222. The monoisotopic (exact) mass is 362 g/mol. The Hall–Kier alpha value is -2.73. The lowest BCUT2D eigenvalue weighted by atomic mass is 10.1. The van der Waals surface area contributed by atoms with Crippen molar-refractivity contribution in [1.82, 2.24) is 4.90 Å². The van der Waals surface area contributed by atoms with Crippen molar-refractivity contribution < 1.29 is 19.1 Å². The van der Waals surface area contributed by atoms with Crippen LogP contribution in [-0.4, -0.2) is 37.5 Å². The van der Waals surface area contributed by atoms with Crippen molar-refractivity contribution in [3.63, 3.8) is 0 Å². The predicted octanol–water partition coefficient (Wildman–Crippen LogP) is 2.48. The first kappa shape index (κ1) is 18.6. The minimum absolute atomic E-state index is 0.164. The quantitative estimate of drug-likeness (QED) is 0.820. The number of rotatable bonds is 7. The fourth-order valence-corrected chi connectivity index (χ4v) is 2.54. The van der Waals surface area contributed by atoms with Crippen LogP contribution < -0.4 is 15.2 Å². The molecule has 7 heteroatoms. The molecule has 0 aliphatic heterocycles. The van der Waals surface area contributed by atoms with Crippen LogP contribution in [0.2, 0.25) is 5.02 Å². The zero-order valence-corrected chi connectivity index (χ0v) is 14.7. The number of primary amides is 1. The molecule has 132 valence electrons. The van der Waals surface area contributed by atoms with E-state index in [-0.39, 0.29) is 29.0 Å². The Balaban J connectivity index is 2.21. The van der Waals surface area contributed by atoms with E-state index in [4.69, 9.17) is 26.8 Å². The highest BCUT2D eigenvalue weighted by atomic mass is 35.5. The molecule has 0 saturated carbocycles. The molecule has 25 heavy (non-hydrogen) atoms. The lowest BCUT2D eigenvalue weighted by Gasteiger charge is -2.19. The Morgan fingerprint density at radius 3 is 2.48 bits per heavy atom. The van der Waals surface area contributed by atoms with Crippen LogP contribution in [0, 0.1) is 0 Å². The molecular weight excluding hydrogens is 344 g/mol. The molecule has 0 aliphatic carbocycles. The molecule has 2 aromatic rings. The average Bonchev–Trinajstić information content (AvgIpc) is 2.60. The summed E-state index contributed by atoms with van der Waals surface area (Å²) in [5.41, 5.74) is 6.43. The van der Waals surface area contributed by atoms with Gasteiger partial charge in [0, 0.05) is 19.2 Å². The Kier molecular flexibility index (Phi) is 6.25. The highest BCUT2D eigenvalue weighted by molar-refractivity contribution is 6.32. The third-order valence-corrected chi connectivity index (χ3v) is 3.73. The predicted molar refractivity (Wildman–Crippen MR) is 94.9 cm³/mol. The van der Waals surface area contributed by atoms with Crippen molar-refractivity contribution in [1.29, 1.82) is 0 Å². The van der Waals surface area contributed by atoms with Crippen LogP contribution in [0.5, 0.6) is 11.5 Å². The third-order valence-electron chi connectivity index (χ3n) is 3.44. The van der Waals surface area contributed by atoms with Gasteiger partial charge in [0.2, 0.25) is 0 Å². The molecule has 0 aliphatic rings. The van der Waals surface area contributed by atoms with E-state index in [1.807, 2.05) is 30.3 Å². The largest absolute Gasteiger partial charge is 0.493 e. The van der Waals surface area contributed by atoms with Gasteiger partial charge in [0.15, 0.2) is 18.1 Å². The molecule has 0 aromatic heterocycles. The molecule has 0 radical (unpaired) electrons. The minimum Gasteiger partial charge on any atom is -0.493 e. The lowest BCUT2D eigenvalue weighted by molar-refractivity contribution is -0.119. The molecule has 2 aromatic carbocycles. The van der Waals surface area contributed by atoms with Crippen LogP contribution in [0.1, 0.15) is 15.9 Å². The average molecular weight is 363 g/mol. The summed E-state index contributed by atoms with van der Waals surface area (Å²) in [4.78, 5) is 25.1. The Labute approximate surface area is 151 Å². The number of carbonyl (C=O) groups excluding carboxylic acids is 2. The molecule has 0 atom stereocenters. The van der Waals surface area contributed by atoms with Crippen molar-refractivity contribution in [3.8, 4) is 11.5 Å². The number of amides is 2. The molecule has 2 rings (SSSR count). The maximum atomic E-state index is 12.6. The zero-order chi connectivity index (χ0) is 18.4. The van der Waals surface area contributed by atoms with Gasteiger partial charge in [-0.25, -0.2) is 0 Å². The van der Waals surface area contributed by atoms with Crippen LogP contribution in [-0.2, 0) is 11.3 Å². The smallest absolute Gasteiger partial charge is 0.255 e. The number of carbonyl (C=O) groups is 2. The van der Waals surface area contributed by atoms with Gasteiger partial charge in [0.05, 0.1) is 12.1 Å². The second-order valence-corrected chi connectivity index (χ2v) is 5.80. The maximum absolute atomic E-state index is 12.6. The number of halogens is 1. The molecule has 2 N–H and O–H groups in total. The standard InChI is InChI=1S/C18H19ClN2O4/c1-21(10-12-6-4-3-5-7-12)18(23)13-8-14(19)17(15(9-13)24-2)25-11-16(20)22/h3-9H,10-11H2,1-2H3,(H2,20,22). The Bertz CT molecular complexity index is 765. The topological polar surface area (TPSA) is 81.9 Å². The molecule has 2 amide bonds. The van der Waals surface area contributed by atoms with Gasteiger partial charge in [0.1, 0.15) is 0 Å². The van der Waals surface area contributed by atoms with Crippen LogP contribution in [0.4, 0.5) is 0 Å². The molecule has 0 fully saturated rings. The van der Waals surface area contributed by atoms with E-state index < -0.39 is 5.91 Å². The number of hydrogen-bond donors (Lipinski definition) is 1. The molecule has 6 nitrogen and oxygen atoms in total. The summed E-state index contributed by atoms with van der Waals surface area (Å²) in [6.45, 7) is 0.122. The van der Waals surface area contributed by atoms with Crippen molar-refractivity contribution >= 4 is 23.4 Å². The summed E-state index contributed by atoms with van der Waals surface area (Å²) in [7, 11) is 3.12. The van der Waals surface area contributed by atoms with Gasteiger partial charge < -0.3 is 20.1 Å². The molecular formula is C18H19ClN2O4. The van der Waals surface area contributed by atoms with Crippen LogP contribution in [0.3, 0.4) is 0 Å². The summed E-state index contributed by atoms with van der Waals surface area (Å²) < 4.78 is 10.5. The Morgan fingerprint density at radius 2 is 1.88 bits per heavy atom. The second-order valence-electron chi connectivity index (χ2n) is 5.39. The first-order chi connectivity index (χ1) is 11.9. The molecule has 0 bridgehead atoms. The van der Waals surface area contributed by atoms with E-state index in [1.54, 1.807) is 11.9 Å². The van der Waals surface area contributed by atoms with Crippen LogP contribution in [0.15, 0.2) is 42.5 Å².